The maximum Gasteiger partial charge on any atom is 0.317 e. The Labute approximate surface area is 117 Å². The number of nitrogens with zero attached hydrogens (tertiary/aromatic N) is 1. The number of benzene rings is 1. The van der Waals surface area contributed by atoms with E-state index in [1.54, 1.807) is 19.2 Å². The van der Waals surface area contributed by atoms with E-state index in [4.69, 9.17) is 5.11 Å². The summed E-state index contributed by atoms with van der Waals surface area (Å²) >= 11 is 0. The lowest BCUT2D eigenvalue weighted by atomic mass is 10.1. The van der Waals surface area contributed by atoms with Gasteiger partial charge in [0.2, 0.25) is 0 Å². The van der Waals surface area contributed by atoms with Gasteiger partial charge in [0.25, 0.3) is 0 Å². The molecule has 6 heteroatoms. The third kappa shape index (κ3) is 5.26. The highest BCUT2D eigenvalue weighted by Gasteiger charge is 2.11. The highest BCUT2D eigenvalue weighted by Crippen LogP contribution is 2.12. The van der Waals surface area contributed by atoms with E-state index < -0.39 is 5.97 Å². The van der Waals surface area contributed by atoms with E-state index in [9.17, 15) is 14.0 Å². The van der Waals surface area contributed by atoms with Crippen molar-refractivity contribution in [2.45, 2.75) is 26.3 Å². The van der Waals surface area contributed by atoms with Gasteiger partial charge in [-0.05, 0) is 19.4 Å². The van der Waals surface area contributed by atoms with E-state index in [2.05, 4.69) is 5.32 Å². The predicted octanol–water partition coefficient (Wildman–Crippen LogP) is 2.14. The van der Waals surface area contributed by atoms with Crippen LogP contribution in [0.2, 0.25) is 0 Å². The summed E-state index contributed by atoms with van der Waals surface area (Å²) in [5, 5.41) is 11.1. The molecule has 0 radical (unpaired) electrons. The van der Waals surface area contributed by atoms with Gasteiger partial charge in [-0.1, -0.05) is 17.7 Å². The van der Waals surface area contributed by atoms with Crippen molar-refractivity contribution < 1.29 is 19.1 Å². The number of carboxylic acids is 1. The Hall–Kier alpha value is -2.11. The van der Waals surface area contributed by atoms with Crippen molar-refractivity contribution in [3.63, 3.8) is 0 Å². The Balaban J connectivity index is 2.45. The van der Waals surface area contributed by atoms with Crippen LogP contribution in [0.3, 0.4) is 0 Å². The van der Waals surface area contributed by atoms with Crippen LogP contribution in [0.1, 0.15) is 24.0 Å². The van der Waals surface area contributed by atoms with Gasteiger partial charge in [-0.15, -0.1) is 0 Å². The van der Waals surface area contributed by atoms with Crippen molar-refractivity contribution in [3.8, 4) is 0 Å². The molecular formula is C14H19FN2O3. The van der Waals surface area contributed by atoms with Crippen LogP contribution in [0.15, 0.2) is 18.2 Å². The Morgan fingerprint density at radius 1 is 1.40 bits per heavy atom. The summed E-state index contributed by atoms with van der Waals surface area (Å²) in [5.41, 5.74) is 1.38. The van der Waals surface area contributed by atoms with Crippen molar-refractivity contribution in [2.24, 2.45) is 0 Å². The quantitative estimate of drug-likeness (QED) is 0.785. The standard InChI is InChI=1S/C14H19FN2O3/c1-10-5-6-12(15)11(8-10)9-17(2)14(20)16-7-3-4-13(18)19/h5-6,8H,3-4,7,9H2,1-2H3,(H,16,20)(H,18,19). The van der Waals surface area contributed by atoms with E-state index in [0.717, 1.165) is 5.56 Å². The summed E-state index contributed by atoms with van der Waals surface area (Å²) in [6, 6.07) is 4.40. The second-order valence-corrected chi connectivity index (χ2v) is 4.68. The van der Waals surface area contributed by atoms with Crippen LogP contribution < -0.4 is 5.32 Å². The summed E-state index contributed by atoms with van der Waals surface area (Å²) in [6.07, 6.45) is 0.379. The zero-order chi connectivity index (χ0) is 15.1. The van der Waals surface area contributed by atoms with Crippen molar-refractivity contribution >= 4 is 12.0 Å². The largest absolute Gasteiger partial charge is 0.481 e. The number of rotatable bonds is 6. The molecule has 20 heavy (non-hydrogen) atoms. The molecule has 0 fully saturated rings. The third-order valence-corrected chi connectivity index (χ3v) is 2.80. The van der Waals surface area contributed by atoms with E-state index in [-0.39, 0.29) is 31.4 Å². The Kier molecular flexibility index (Phi) is 5.96. The molecule has 0 atom stereocenters. The molecule has 0 aromatic heterocycles. The number of carbonyl (C=O) groups is 2. The fourth-order valence-corrected chi connectivity index (χ4v) is 1.72. The van der Waals surface area contributed by atoms with Crippen molar-refractivity contribution in [2.75, 3.05) is 13.6 Å². The van der Waals surface area contributed by atoms with Crippen molar-refractivity contribution in [1.82, 2.24) is 10.2 Å². The summed E-state index contributed by atoms with van der Waals surface area (Å²) in [6.45, 7) is 2.30. The molecule has 0 bridgehead atoms. The summed E-state index contributed by atoms with van der Waals surface area (Å²) in [4.78, 5) is 23.4. The molecule has 1 aromatic carbocycles. The van der Waals surface area contributed by atoms with Gasteiger partial charge in [-0.25, -0.2) is 9.18 Å². The zero-order valence-corrected chi connectivity index (χ0v) is 11.6. The van der Waals surface area contributed by atoms with Crippen LogP contribution in [-0.4, -0.2) is 35.6 Å². The number of hydrogen-bond donors (Lipinski definition) is 2. The van der Waals surface area contributed by atoms with Crippen LogP contribution in [0.25, 0.3) is 0 Å². The molecule has 0 aliphatic heterocycles. The number of hydrogen-bond acceptors (Lipinski definition) is 2. The smallest absolute Gasteiger partial charge is 0.317 e. The van der Waals surface area contributed by atoms with E-state index >= 15 is 0 Å². The van der Waals surface area contributed by atoms with Gasteiger partial charge in [0.1, 0.15) is 5.82 Å². The molecule has 5 nitrogen and oxygen atoms in total. The van der Waals surface area contributed by atoms with Gasteiger partial charge < -0.3 is 15.3 Å². The average molecular weight is 282 g/mol. The molecule has 0 aliphatic rings. The molecule has 110 valence electrons. The normalized spacial score (nSPS) is 10.2. The maximum absolute atomic E-state index is 13.6. The van der Waals surface area contributed by atoms with Gasteiger partial charge in [0, 0.05) is 32.1 Å². The lowest BCUT2D eigenvalue weighted by Crippen LogP contribution is -2.37. The molecule has 0 aliphatic carbocycles. The predicted molar refractivity (Wildman–Crippen MR) is 72.9 cm³/mol. The minimum Gasteiger partial charge on any atom is -0.481 e. The van der Waals surface area contributed by atoms with E-state index in [0.29, 0.717) is 12.0 Å². The number of amides is 2. The number of aliphatic carboxylic acids is 1. The zero-order valence-electron chi connectivity index (χ0n) is 11.6. The summed E-state index contributed by atoms with van der Waals surface area (Å²) in [7, 11) is 1.56. The van der Waals surface area contributed by atoms with Gasteiger partial charge in [-0.2, -0.15) is 0 Å². The van der Waals surface area contributed by atoms with Crippen molar-refractivity contribution in [1.29, 1.82) is 0 Å². The molecule has 0 unspecified atom stereocenters. The van der Waals surface area contributed by atoms with Crippen LogP contribution >= 0.6 is 0 Å². The Bertz CT molecular complexity index is 491. The molecule has 0 spiro atoms. The number of urea groups is 1. The number of nitrogens with one attached hydrogen (secondary N) is 1. The highest BCUT2D eigenvalue weighted by atomic mass is 19.1. The van der Waals surface area contributed by atoms with Gasteiger partial charge >= 0.3 is 12.0 Å². The Morgan fingerprint density at radius 3 is 2.75 bits per heavy atom. The first kappa shape index (κ1) is 15.9. The minimum atomic E-state index is -0.894. The molecule has 2 amide bonds. The average Bonchev–Trinajstić information content (AvgIpc) is 2.38. The van der Waals surface area contributed by atoms with E-state index in [1.807, 2.05) is 6.92 Å². The second kappa shape index (κ2) is 7.47. The number of carbonyl (C=O) groups excluding carboxylic acids is 1. The molecule has 0 saturated heterocycles. The highest BCUT2D eigenvalue weighted by molar-refractivity contribution is 5.74. The third-order valence-electron chi connectivity index (χ3n) is 2.80. The molecule has 1 rings (SSSR count). The number of halogens is 1. The van der Waals surface area contributed by atoms with Crippen LogP contribution in [0.5, 0.6) is 0 Å². The number of carboxylic acid groups (broad SMARTS) is 1. The molecule has 2 N–H and O–H groups in total. The van der Waals surface area contributed by atoms with Crippen LogP contribution in [0, 0.1) is 12.7 Å². The van der Waals surface area contributed by atoms with Gasteiger partial charge in [-0.3, -0.25) is 4.79 Å². The fourth-order valence-electron chi connectivity index (χ4n) is 1.72. The monoisotopic (exact) mass is 282 g/mol. The minimum absolute atomic E-state index is 0.0104. The maximum atomic E-state index is 13.6. The Morgan fingerprint density at radius 2 is 2.10 bits per heavy atom. The lowest BCUT2D eigenvalue weighted by molar-refractivity contribution is -0.137. The molecule has 1 aromatic rings. The van der Waals surface area contributed by atoms with Crippen LogP contribution in [-0.2, 0) is 11.3 Å². The SMILES string of the molecule is Cc1ccc(F)c(CN(C)C(=O)NCCCC(=O)O)c1. The summed E-state index contributed by atoms with van der Waals surface area (Å²) in [5.74, 6) is -1.24. The van der Waals surface area contributed by atoms with Gasteiger partial charge in [0.15, 0.2) is 0 Å². The van der Waals surface area contributed by atoms with Gasteiger partial charge in [0.05, 0.1) is 0 Å². The van der Waals surface area contributed by atoms with Crippen LogP contribution in [0.4, 0.5) is 9.18 Å². The molecular weight excluding hydrogens is 263 g/mol. The summed E-state index contributed by atoms with van der Waals surface area (Å²) < 4.78 is 13.6. The molecule has 0 heterocycles. The second-order valence-electron chi connectivity index (χ2n) is 4.68. The fraction of sp³-hybridized carbons (Fsp3) is 0.429. The van der Waals surface area contributed by atoms with E-state index in [1.165, 1.54) is 11.0 Å². The number of aryl methyl sites for hydroxylation is 1. The first-order valence-electron chi connectivity index (χ1n) is 6.36. The first-order chi connectivity index (χ1) is 9.40. The molecule has 0 saturated carbocycles. The first-order valence-corrected chi connectivity index (χ1v) is 6.36. The topological polar surface area (TPSA) is 69.6 Å². The van der Waals surface area contributed by atoms with Crippen molar-refractivity contribution in [3.05, 3.63) is 35.1 Å². The lowest BCUT2D eigenvalue weighted by Gasteiger charge is -2.18.